The average Bonchev–Trinajstić information content (AvgIpc) is 3.17. The number of aromatic nitrogens is 2. The number of amides is 2. The fourth-order valence-corrected chi connectivity index (χ4v) is 4.09. The van der Waals surface area contributed by atoms with Gasteiger partial charge in [0.25, 0.3) is 5.91 Å². The van der Waals surface area contributed by atoms with E-state index in [1.54, 1.807) is 4.90 Å². The quantitative estimate of drug-likeness (QED) is 0.536. The molecular formula is C24H22N4O3. The number of hydrogen-bond acceptors (Lipinski definition) is 4. The lowest BCUT2D eigenvalue weighted by Gasteiger charge is -2.26. The highest BCUT2D eigenvalue weighted by Gasteiger charge is 2.20. The predicted octanol–water partition coefficient (Wildman–Crippen LogP) is 2.88. The van der Waals surface area contributed by atoms with E-state index in [9.17, 15) is 9.59 Å². The summed E-state index contributed by atoms with van der Waals surface area (Å²) in [4.78, 5) is 34.6. The minimum Gasteiger partial charge on any atom is -0.378 e. The summed E-state index contributed by atoms with van der Waals surface area (Å²) in [5.74, 6) is -0.424. The van der Waals surface area contributed by atoms with E-state index in [-0.39, 0.29) is 12.3 Å². The summed E-state index contributed by atoms with van der Waals surface area (Å²) in [5.41, 5.74) is 11.0. The van der Waals surface area contributed by atoms with Gasteiger partial charge in [-0.1, -0.05) is 30.3 Å². The molecule has 2 amide bonds. The van der Waals surface area contributed by atoms with Crippen molar-refractivity contribution in [1.82, 2.24) is 14.9 Å². The Morgan fingerprint density at radius 2 is 1.84 bits per heavy atom. The molecule has 1 fully saturated rings. The van der Waals surface area contributed by atoms with Gasteiger partial charge in [-0.15, -0.1) is 0 Å². The second-order valence-corrected chi connectivity index (χ2v) is 7.69. The Bertz CT molecular complexity index is 1290. The van der Waals surface area contributed by atoms with E-state index < -0.39 is 5.91 Å². The number of ether oxygens (including phenoxy) is 1. The number of aromatic amines is 1. The summed E-state index contributed by atoms with van der Waals surface area (Å²) in [6.07, 6.45) is 0.102. The van der Waals surface area contributed by atoms with E-state index in [1.807, 2.05) is 54.6 Å². The smallest absolute Gasteiger partial charge is 0.254 e. The molecule has 0 spiro atoms. The first kappa shape index (κ1) is 19.3. The van der Waals surface area contributed by atoms with Gasteiger partial charge in [-0.05, 0) is 29.8 Å². The number of primary amides is 1. The van der Waals surface area contributed by atoms with Crippen molar-refractivity contribution < 1.29 is 14.3 Å². The van der Waals surface area contributed by atoms with Gasteiger partial charge in [0.15, 0.2) is 0 Å². The number of carbonyl (C=O) groups excluding carboxylic acids is 2. The third kappa shape index (κ3) is 3.64. The molecule has 156 valence electrons. The second-order valence-electron chi connectivity index (χ2n) is 7.69. The molecule has 31 heavy (non-hydrogen) atoms. The molecule has 3 N–H and O–H groups in total. The highest BCUT2D eigenvalue weighted by Crippen LogP contribution is 2.31. The molecule has 0 saturated carbocycles. The zero-order valence-corrected chi connectivity index (χ0v) is 16.9. The lowest BCUT2D eigenvalue weighted by molar-refractivity contribution is -0.117. The maximum Gasteiger partial charge on any atom is 0.254 e. The SMILES string of the molecule is NC(=O)Cc1cc(-c2ccccc2)nc2c1[nH]c1cc(C(=O)N3CCOCC3)ccc12. The third-order valence-corrected chi connectivity index (χ3v) is 5.61. The van der Waals surface area contributed by atoms with Crippen LogP contribution in [0.2, 0.25) is 0 Å². The van der Waals surface area contributed by atoms with E-state index in [4.69, 9.17) is 15.5 Å². The normalized spacial score (nSPS) is 14.3. The van der Waals surface area contributed by atoms with Gasteiger partial charge in [-0.3, -0.25) is 9.59 Å². The lowest BCUT2D eigenvalue weighted by atomic mass is 10.0. The molecule has 0 atom stereocenters. The summed E-state index contributed by atoms with van der Waals surface area (Å²) in [7, 11) is 0. The van der Waals surface area contributed by atoms with E-state index in [0.29, 0.717) is 31.9 Å². The van der Waals surface area contributed by atoms with Crippen LogP contribution in [0, 0.1) is 0 Å². The molecule has 7 heteroatoms. The van der Waals surface area contributed by atoms with E-state index in [0.717, 1.165) is 38.8 Å². The maximum atomic E-state index is 12.9. The highest BCUT2D eigenvalue weighted by atomic mass is 16.5. The molecule has 0 unspecified atom stereocenters. The van der Waals surface area contributed by atoms with Crippen LogP contribution >= 0.6 is 0 Å². The average molecular weight is 414 g/mol. The van der Waals surface area contributed by atoms with Gasteiger partial charge in [0.2, 0.25) is 5.91 Å². The van der Waals surface area contributed by atoms with Gasteiger partial charge >= 0.3 is 0 Å². The number of pyridine rings is 1. The van der Waals surface area contributed by atoms with Gasteiger partial charge in [-0.2, -0.15) is 0 Å². The van der Waals surface area contributed by atoms with Crippen LogP contribution in [0.1, 0.15) is 15.9 Å². The standard InChI is InChI=1S/C24H22N4O3/c25-21(29)14-17-13-19(15-4-2-1-3-5-15)26-23-18-7-6-16(12-20(18)27-22(17)23)24(30)28-8-10-31-11-9-28/h1-7,12-13,27H,8-11,14H2,(H2,25,29). The monoisotopic (exact) mass is 414 g/mol. The number of nitrogens with two attached hydrogens (primary N) is 1. The minimum absolute atomic E-state index is 0.0147. The van der Waals surface area contributed by atoms with Crippen molar-refractivity contribution in [2.45, 2.75) is 6.42 Å². The Labute approximate surface area is 178 Å². The number of hydrogen-bond donors (Lipinski definition) is 2. The van der Waals surface area contributed by atoms with Crippen molar-refractivity contribution in [2.75, 3.05) is 26.3 Å². The number of H-pyrrole nitrogens is 1. The van der Waals surface area contributed by atoms with Crippen molar-refractivity contribution in [3.05, 3.63) is 65.7 Å². The molecule has 4 aromatic rings. The Balaban J connectivity index is 1.64. The van der Waals surface area contributed by atoms with Gasteiger partial charge in [-0.25, -0.2) is 4.98 Å². The van der Waals surface area contributed by atoms with Crippen molar-refractivity contribution >= 4 is 33.8 Å². The minimum atomic E-state index is -0.409. The fourth-order valence-electron chi connectivity index (χ4n) is 4.09. The number of nitrogens with zero attached hydrogens (tertiary/aromatic N) is 2. The number of morpholine rings is 1. The van der Waals surface area contributed by atoms with Crippen LogP contribution in [0.5, 0.6) is 0 Å². The molecule has 1 aliphatic rings. The zero-order valence-electron chi connectivity index (χ0n) is 16.9. The Hall–Kier alpha value is -3.71. The molecule has 0 bridgehead atoms. The molecule has 3 heterocycles. The molecule has 7 nitrogen and oxygen atoms in total. The van der Waals surface area contributed by atoms with Crippen LogP contribution in [0.25, 0.3) is 33.2 Å². The summed E-state index contributed by atoms with van der Waals surface area (Å²) >= 11 is 0. The zero-order chi connectivity index (χ0) is 21.4. The van der Waals surface area contributed by atoms with E-state index in [2.05, 4.69) is 4.98 Å². The fraction of sp³-hybridized carbons (Fsp3) is 0.208. The first-order valence-corrected chi connectivity index (χ1v) is 10.3. The van der Waals surface area contributed by atoms with Crippen LogP contribution in [0.15, 0.2) is 54.6 Å². The molecule has 0 radical (unpaired) electrons. The van der Waals surface area contributed by atoms with Crippen LogP contribution in [-0.4, -0.2) is 53.0 Å². The topological polar surface area (TPSA) is 101 Å². The molecule has 1 aliphatic heterocycles. The predicted molar refractivity (Wildman–Crippen MR) is 119 cm³/mol. The molecule has 2 aromatic carbocycles. The largest absolute Gasteiger partial charge is 0.378 e. The number of rotatable bonds is 4. The van der Waals surface area contributed by atoms with Gasteiger partial charge in [0.05, 0.1) is 36.4 Å². The molecule has 1 saturated heterocycles. The third-order valence-electron chi connectivity index (χ3n) is 5.61. The van der Waals surface area contributed by atoms with Crippen molar-refractivity contribution in [3.8, 4) is 11.3 Å². The van der Waals surface area contributed by atoms with Crippen LogP contribution in [-0.2, 0) is 16.0 Å². The second kappa shape index (κ2) is 7.85. The highest BCUT2D eigenvalue weighted by molar-refractivity contribution is 6.09. The van der Waals surface area contributed by atoms with E-state index >= 15 is 0 Å². The van der Waals surface area contributed by atoms with E-state index in [1.165, 1.54) is 0 Å². The maximum absolute atomic E-state index is 12.9. The molecule has 5 rings (SSSR count). The number of fused-ring (bicyclic) bond motifs is 3. The number of nitrogens with one attached hydrogen (secondary N) is 1. The molecule has 0 aliphatic carbocycles. The van der Waals surface area contributed by atoms with Gasteiger partial charge in [0, 0.05) is 35.1 Å². The van der Waals surface area contributed by atoms with Gasteiger partial charge in [0.1, 0.15) is 0 Å². The Morgan fingerprint density at radius 3 is 2.58 bits per heavy atom. The number of benzene rings is 2. The Morgan fingerprint density at radius 1 is 1.06 bits per heavy atom. The lowest BCUT2D eigenvalue weighted by Crippen LogP contribution is -2.40. The van der Waals surface area contributed by atoms with Crippen LogP contribution in [0.4, 0.5) is 0 Å². The molecule has 2 aromatic heterocycles. The first-order valence-electron chi connectivity index (χ1n) is 10.3. The van der Waals surface area contributed by atoms with Gasteiger partial charge < -0.3 is 20.4 Å². The summed E-state index contributed by atoms with van der Waals surface area (Å²) in [5, 5.41) is 0.900. The summed E-state index contributed by atoms with van der Waals surface area (Å²) in [6, 6.07) is 17.3. The molecular weight excluding hydrogens is 392 g/mol. The van der Waals surface area contributed by atoms with Crippen LogP contribution in [0.3, 0.4) is 0 Å². The Kier molecular flexibility index (Phi) is 4.88. The van der Waals surface area contributed by atoms with Crippen molar-refractivity contribution in [1.29, 1.82) is 0 Å². The first-order chi connectivity index (χ1) is 15.1. The summed E-state index contributed by atoms with van der Waals surface area (Å²) < 4.78 is 5.34. The summed E-state index contributed by atoms with van der Waals surface area (Å²) in [6.45, 7) is 2.30. The van der Waals surface area contributed by atoms with Crippen molar-refractivity contribution in [2.24, 2.45) is 5.73 Å². The van der Waals surface area contributed by atoms with Crippen LogP contribution < -0.4 is 5.73 Å². The number of carbonyl (C=O) groups is 2. The van der Waals surface area contributed by atoms with Crippen molar-refractivity contribution in [3.63, 3.8) is 0 Å².